The van der Waals surface area contributed by atoms with Gasteiger partial charge in [-0.3, -0.25) is 19.2 Å². The first kappa shape index (κ1) is 37.2. The molecule has 1 aliphatic heterocycles. The third kappa shape index (κ3) is 12.1. The van der Waals surface area contributed by atoms with E-state index >= 15 is 0 Å². The van der Waals surface area contributed by atoms with Crippen molar-refractivity contribution < 1.29 is 33.4 Å². The molecule has 0 aromatic heterocycles. The van der Waals surface area contributed by atoms with E-state index in [9.17, 15) is 24.0 Å². The van der Waals surface area contributed by atoms with E-state index in [-0.39, 0.29) is 36.9 Å². The summed E-state index contributed by atoms with van der Waals surface area (Å²) in [5.74, 6) is -1.77. The molecule has 4 amide bonds. The number of nitrogens with one attached hydrogen (secondary N) is 4. The van der Waals surface area contributed by atoms with Gasteiger partial charge in [0, 0.05) is 13.5 Å². The molecule has 1 fully saturated rings. The summed E-state index contributed by atoms with van der Waals surface area (Å²) >= 11 is 0. The number of hydrogen-bond acceptors (Lipinski definition) is 7. The monoisotopic (exact) mass is 650 g/mol. The molecule has 4 N–H and O–H groups in total. The van der Waals surface area contributed by atoms with Gasteiger partial charge in [-0.15, -0.1) is 0 Å². The minimum absolute atomic E-state index is 0.00223. The molecule has 0 saturated carbocycles. The molecule has 47 heavy (non-hydrogen) atoms. The van der Waals surface area contributed by atoms with Crippen LogP contribution in [0.4, 0.5) is 4.79 Å². The summed E-state index contributed by atoms with van der Waals surface area (Å²) in [4.78, 5) is 66.6. The second-order valence-corrected chi connectivity index (χ2v) is 13.2. The van der Waals surface area contributed by atoms with Crippen molar-refractivity contribution in [3.63, 3.8) is 0 Å². The summed E-state index contributed by atoms with van der Waals surface area (Å²) in [5.41, 5.74) is 0.848. The van der Waals surface area contributed by atoms with Crippen LogP contribution in [0.1, 0.15) is 65.0 Å². The molecule has 11 nitrogen and oxygen atoms in total. The Morgan fingerprint density at radius 1 is 0.745 bits per heavy atom. The molecule has 2 aromatic carbocycles. The zero-order chi connectivity index (χ0) is 34.6. The Morgan fingerprint density at radius 3 is 1.77 bits per heavy atom. The van der Waals surface area contributed by atoms with Gasteiger partial charge in [0.05, 0.1) is 12.6 Å². The molecular formula is C36H50N4O7. The average Bonchev–Trinajstić information content (AvgIpc) is 3.80. The summed E-state index contributed by atoms with van der Waals surface area (Å²) in [7, 11) is 1.40. The van der Waals surface area contributed by atoms with Crippen LogP contribution in [0.3, 0.4) is 0 Å². The smallest absolute Gasteiger partial charge is 0.407 e. The molecule has 5 atom stereocenters. The highest BCUT2D eigenvalue weighted by atomic mass is 16.6. The van der Waals surface area contributed by atoms with Gasteiger partial charge >= 0.3 is 6.09 Å². The van der Waals surface area contributed by atoms with E-state index in [1.807, 2.05) is 88.4 Å². The molecule has 1 aliphatic rings. The fourth-order valence-electron chi connectivity index (χ4n) is 5.27. The topological polar surface area (TPSA) is 155 Å². The first-order chi connectivity index (χ1) is 22.3. The van der Waals surface area contributed by atoms with E-state index in [4.69, 9.17) is 9.47 Å². The predicted molar refractivity (Wildman–Crippen MR) is 178 cm³/mol. The van der Waals surface area contributed by atoms with Gasteiger partial charge in [0.2, 0.25) is 11.8 Å². The summed E-state index contributed by atoms with van der Waals surface area (Å²) in [6.07, 6.45) is -0.405. The van der Waals surface area contributed by atoms with Crippen LogP contribution in [0, 0.1) is 11.8 Å². The second kappa shape index (κ2) is 17.6. The maximum atomic E-state index is 13.9. The quantitative estimate of drug-likeness (QED) is 0.180. The molecule has 256 valence electrons. The van der Waals surface area contributed by atoms with Crippen LogP contribution < -0.4 is 21.3 Å². The zero-order valence-electron chi connectivity index (χ0n) is 28.3. The number of rotatable bonds is 18. The third-order valence-corrected chi connectivity index (χ3v) is 7.98. The lowest BCUT2D eigenvalue weighted by molar-refractivity contribution is -0.136. The Morgan fingerprint density at radius 2 is 1.23 bits per heavy atom. The van der Waals surface area contributed by atoms with E-state index in [2.05, 4.69) is 21.3 Å². The normalized spacial score (nSPS) is 18.0. The molecule has 1 saturated heterocycles. The lowest BCUT2D eigenvalue weighted by Gasteiger charge is -2.28. The van der Waals surface area contributed by atoms with Crippen molar-refractivity contribution in [3.05, 3.63) is 71.8 Å². The fraction of sp³-hybridized carbons (Fsp3) is 0.528. The van der Waals surface area contributed by atoms with E-state index in [1.54, 1.807) is 6.92 Å². The maximum absolute atomic E-state index is 13.9. The van der Waals surface area contributed by atoms with E-state index in [0.717, 1.165) is 11.1 Å². The largest absolute Gasteiger partial charge is 0.436 e. The van der Waals surface area contributed by atoms with E-state index in [1.165, 1.54) is 7.05 Å². The predicted octanol–water partition coefficient (Wildman–Crippen LogP) is 3.49. The van der Waals surface area contributed by atoms with Crippen molar-refractivity contribution in [3.8, 4) is 0 Å². The van der Waals surface area contributed by atoms with Gasteiger partial charge in [-0.25, -0.2) is 4.79 Å². The SMILES string of the molecule is CNC(=O)O[C@@H](CCc1ccccc1)C(=O)NC(CC(C)C)C(=O)N[C@@H](Cc1ccccc1)C(=O)N[C@@H](CC(C)C)C(=O)[C@@]1(C)CO1. The molecule has 1 heterocycles. The highest BCUT2D eigenvalue weighted by molar-refractivity contribution is 5.98. The minimum Gasteiger partial charge on any atom is -0.436 e. The number of hydrogen-bond donors (Lipinski definition) is 4. The van der Waals surface area contributed by atoms with E-state index in [0.29, 0.717) is 19.4 Å². The van der Waals surface area contributed by atoms with E-state index < -0.39 is 53.6 Å². The lowest BCUT2D eigenvalue weighted by Crippen LogP contribution is -2.58. The van der Waals surface area contributed by atoms with Crippen molar-refractivity contribution in [2.75, 3.05) is 13.7 Å². The lowest BCUT2D eigenvalue weighted by atomic mass is 9.93. The Hall–Kier alpha value is -4.25. The molecule has 3 rings (SSSR count). The van der Waals surface area contributed by atoms with Gasteiger partial charge in [0.15, 0.2) is 11.9 Å². The van der Waals surface area contributed by atoms with Crippen LogP contribution in [0.15, 0.2) is 60.7 Å². The summed E-state index contributed by atoms with van der Waals surface area (Å²) < 4.78 is 10.8. The summed E-state index contributed by atoms with van der Waals surface area (Å²) in [6.45, 7) is 9.76. The number of carbonyl (C=O) groups is 5. The van der Waals surface area contributed by atoms with Crippen molar-refractivity contribution in [2.24, 2.45) is 11.8 Å². The van der Waals surface area contributed by atoms with Gasteiger partial charge in [-0.05, 0) is 55.6 Å². The molecule has 1 unspecified atom stereocenters. The first-order valence-corrected chi connectivity index (χ1v) is 16.4. The molecule has 2 aromatic rings. The van der Waals surface area contributed by atoms with Crippen molar-refractivity contribution in [1.29, 1.82) is 0 Å². The zero-order valence-corrected chi connectivity index (χ0v) is 28.3. The maximum Gasteiger partial charge on any atom is 0.407 e. The first-order valence-electron chi connectivity index (χ1n) is 16.4. The number of benzene rings is 2. The molecule has 11 heteroatoms. The van der Waals surface area contributed by atoms with Crippen molar-refractivity contribution in [1.82, 2.24) is 21.3 Å². The number of alkyl carbamates (subject to hydrolysis) is 1. The van der Waals surface area contributed by atoms with Gasteiger partial charge in [-0.1, -0.05) is 88.4 Å². The number of epoxide rings is 1. The van der Waals surface area contributed by atoms with Gasteiger partial charge in [0.25, 0.3) is 5.91 Å². The van der Waals surface area contributed by atoms with Crippen LogP contribution >= 0.6 is 0 Å². The Kier molecular flexibility index (Phi) is 13.9. The van der Waals surface area contributed by atoms with Gasteiger partial charge < -0.3 is 30.7 Å². The highest BCUT2D eigenvalue weighted by Crippen LogP contribution is 2.29. The van der Waals surface area contributed by atoms with Crippen LogP contribution in [0.5, 0.6) is 0 Å². The second-order valence-electron chi connectivity index (χ2n) is 13.2. The Bertz CT molecular complexity index is 1350. The number of amides is 4. The molecule has 0 aliphatic carbocycles. The van der Waals surface area contributed by atoms with Crippen molar-refractivity contribution >= 4 is 29.6 Å². The number of Topliss-reactive ketones (excluding diaryl/α,β-unsaturated/α-hetero) is 1. The molecular weight excluding hydrogens is 600 g/mol. The van der Waals surface area contributed by atoms with Crippen LogP contribution in [-0.4, -0.2) is 73.1 Å². The third-order valence-electron chi connectivity index (χ3n) is 7.98. The molecule has 0 spiro atoms. The van der Waals surface area contributed by atoms with Crippen LogP contribution in [-0.2, 0) is 41.5 Å². The standard InChI is InChI=1S/C36H50N4O7/c1-23(2)19-27(31(41)36(5)22-46-36)38-33(43)29(21-26-15-11-8-12-16-26)39-32(42)28(20-24(3)4)40-34(44)30(47-35(45)37-6)18-17-25-13-9-7-10-14-25/h7-16,23-24,27-30H,17-22H2,1-6H3,(H,37,45)(H,38,43)(H,39,42)(H,40,44)/t27-,28?,29-,30-,36+/m0/s1. The number of ether oxygens (including phenoxy) is 2. The minimum atomic E-state index is -1.16. The summed E-state index contributed by atoms with van der Waals surface area (Å²) in [6, 6.07) is 15.9. The number of ketones is 1. The molecule has 0 radical (unpaired) electrons. The van der Waals surface area contributed by atoms with Crippen LogP contribution in [0.25, 0.3) is 0 Å². The molecule has 0 bridgehead atoms. The highest BCUT2D eigenvalue weighted by Gasteiger charge is 2.50. The van der Waals surface area contributed by atoms with Crippen LogP contribution in [0.2, 0.25) is 0 Å². The average molecular weight is 651 g/mol. The van der Waals surface area contributed by atoms with Crippen molar-refractivity contribution in [2.45, 2.75) is 96.6 Å². The van der Waals surface area contributed by atoms with Gasteiger partial charge in [-0.2, -0.15) is 0 Å². The van der Waals surface area contributed by atoms with Gasteiger partial charge in [0.1, 0.15) is 17.7 Å². The fourth-order valence-corrected chi connectivity index (χ4v) is 5.27. The number of aryl methyl sites for hydroxylation is 1. The Labute approximate surface area is 277 Å². The summed E-state index contributed by atoms with van der Waals surface area (Å²) in [5, 5.41) is 10.9. The number of carbonyl (C=O) groups excluding carboxylic acids is 5. The Balaban J connectivity index is 1.81.